The van der Waals surface area contributed by atoms with Crippen LogP contribution in [-0.4, -0.2) is 0 Å². The van der Waals surface area contributed by atoms with Gasteiger partial charge in [0.25, 0.3) is 0 Å². The third-order valence-corrected chi connectivity index (χ3v) is 2.32. The van der Waals surface area contributed by atoms with Crippen LogP contribution in [0.5, 0.6) is 0 Å². The van der Waals surface area contributed by atoms with Crippen LogP contribution in [0.1, 0.15) is 39.5 Å². The first-order valence-electron chi connectivity index (χ1n) is 5.41. The predicted octanol–water partition coefficient (Wildman–Crippen LogP) is 4.08. The summed E-state index contributed by atoms with van der Waals surface area (Å²) in [6, 6.07) is 2.27. The average molecular weight is 191 g/mol. The quantitative estimate of drug-likeness (QED) is 0.556. The molecule has 1 heteroatoms. The molecule has 14 heavy (non-hydrogen) atoms. The van der Waals surface area contributed by atoms with Gasteiger partial charge in [-0.2, -0.15) is 5.26 Å². The molecule has 0 N–H and O–H groups in total. The van der Waals surface area contributed by atoms with E-state index in [4.69, 9.17) is 5.26 Å². The van der Waals surface area contributed by atoms with Gasteiger partial charge in [-0.05, 0) is 38.5 Å². The molecule has 0 saturated carbocycles. The number of hydrogen-bond acceptors (Lipinski definition) is 1. The zero-order valence-electron chi connectivity index (χ0n) is 9.37. The van der Waals surface area contributed by atoms with Gasteiger partial charge >= 0.3 is 0 Å². The number of rotatable bonds is 7. The molecule has 2 unspecified atom stereocenters. The Balaban J connectivity index is 3.75. The van der Waals surface area contributed by atoms with E-state index in [1.807, 2.05) is 13.0 Å². The fraction of sp³-hybridized carbons (Fsp3) is 0.615. The highest BCUT2D eigenvalue weighted by Crippen LogP contribution is 2.18. The number of nitriles is 1. The van der Waals surface area contributed by atoms with E-state index >= 15 is 0 Å². The Morgan fingerprint density at radius 2 is 2.14 bits per heavy atom. The summed E-state index contributed by atoms with van der Waals surface area (Å²) in [7, 11) is 0. The Morgan fingerprint density at radius 3 is 2.64 bits per heavy atom. The Hall–Kier alpha value is -1.03. The number of nitrogens with zero attached hydrogens (tertiary/aromatic N) is 1. The molecule has 0 aliphatic heterocycles. The largest absolute Gasteiger partial charge is 0.198 e. The molecule has 0 aromatic rings. The Labute approximate surface area is 88.1 Å². The molecule has 0 aliphatic carbocycles. The lowest BCUT2D eigenvalue weighted by molar-refractivity contribution is 0.490. The summed E-state index contributed by atoms with van der Waals surface area (Å²) in [6.07, 6.45) is 10.6. The maximum Gasteiger partial charge on any atom is 0.0653 e. The third-order valence-electron chi connectivity index (χ3n) is 2.32. The van der Waals surface area contributed by atoms with Gasteiger partial charge in [-0.25, -0.2) is 0 Å². The molecule has 0 fully saturated rings. The van der Waals surface area contributed by atoms with Crippen LogP contribution in [0.3, 0.4) is 0 Å². The van der Waals surface area contributed by atoms with Crippen LogP contribution in [-0.2, 0) is 0 Å². The van der Waals surface area contributed by atoms with Crippen molar-refractivity contribution in [1.29, 1.82) is 5.26 Å². The highest BCUT2D eigenvalue weighted by atomic mass is 14.3. The molecule has 0 radical (unpaired) electrons. The van der Waals surface area contributed by atoms with Crippen LogP contribution in [0.25, 0.3) is 0 Å². The fourth-order valence-corrected chi connectivity index (χ4v) is 1.43. The second-order valence-corrected chi connectivity index (χ2v) is 3.72. The number of hydrogen-bond donors (Lipinski definition) is 0. The first-order valence-corrected chi connectivity index (χ1v) is 5.41. The summed E-state index contributed by atoms with van der Waals surface area (Å²) < 4.78 is 0. The molecule has 78 valence electrons. The molecule has 1 nitrogen and oxygen atoms in total. The van der Waals surface area contributed by atoms with E-state index in [2.05, 4.69) is 31.7 Å². The minimum absolute atomic E-state index is 0.146. The van der Waals surface area contributed by atoms with Gasteiger partial charge in [0.2, 0.25) is 0 Å². The lowest BCUT2D eigenvalue weighted by Crippen LogP contribution is -2.01. The molecule has 0 aromatic carbocycles. The third kappa shape index (κ3) is 6.48. The van der Waals surface area contributed by atoms with E-state index in [0.29, 0.717) is 5.92 Å². The van der Waals surface area contributed by atoms with Crippen molar-refractivity contribution in [2.24, 2.45) is 11.8 Å². The summed E-state index contributed by atoms with van der Waals surface area (Å²) >= 11 is 0. The van der Waals surface area contributed by atoms with Crippen LogP contribution >= 0.6 is 0 Å². The van der Waals surface area contributed by atoms with Crippen molar-refractivity contribution in [3.8, 4) is 6.07 Å². The van der Waals surface area contributed by atoms with E-state index in [9.17, 15) is 0 Å². The first-order chi connectivity index (χ1) is 6.74. The zero-order valence-corrected chi connectivity index (χ0v) is 9.37. The summed E-state index contributed by atoms with van der Waals surface area (Å²) in [4.78, 5) is 0. The van der Waals surface area contributed by atoms with Crippen molar-refractivity contribution in [3.63, 3.8) is 0 Å². The second kappa shape index (κ2) is 8.56. The molecule has 0 aromatic heterocycles. The molecular formula is C13H21N. The van der Waals surface area contributed by atoms with E-state index in [-0.39, 0.29) is 5.92 Å². The van der Waals surface area contributed by atoms with Crippen molar-refractivity contribution < 1.29 is 0 Å². The molecule has 0 bridgehead atoms. The minimum atomic E-state index is 0.146. The van der Waals surface area contributed by atoms with Crippen molar-refractivity contribution in [2.45, 2.75) is 39.5 Å². The Bertz CT molecular complexity index is 210. The molecule has 0 aliphatic rings. The summed E-state index contributed by atoms with van der Waals surface area (Å²) in [5.74, 6) is 0.638. The van der Waals surface area contributed by atoms with E-state index in [1.54, 1.807) is 0 Å². The topological polar surface area (TPSA) is 23.8 Å². The van der Waals surface area contributed by atoms with Crippen LogP contribution < -0.4 is 0 Å². The monoisotopic (exact) mass is 191 g/mol. The van der Waals surface area contributed by atoms with Gasteiger partial charge in [0.05, 0.1) is 6.07 Å². The Morgan fingerprint density at radius 1 is 1.43 bits per heavy atom. The summed E-state index contributed by atoms with van der Waals surface area (Å²) in [6.45, 7) is 7.92. The van der Waals surface area contributed by atoms with E-state index in [1.165, 1.54) is 0 Å². The molecule has 0 spiro atoms. The summed E-state index contributed by atoms with van der Waals surface area (Å²) in [5, 5.41) is 8.69. The fourth-order valence-electron chi connectivity index (χ4n) is 1.43. The van der Waals surface area contributed by atoms with Gasteiger partial charge in [0.15, 0.2) is 0 Å². The molecule has 0 rings (SSSR count). The second-order valence-electron chi connectivity index (χ2n) is 3.72. The maximum atomic E-state index is 8.69. The van der Waals surface area contributed by atoms with Gasteiger partial charge in [-0.3, -0.25) is 0 Å². The van der Waals surface area contributed by atoms with Crippen molar-refractivity contribution in [3.05, 3.63) is 24.8 Å². The van der Waals surface area contributed by atoms with Gasteiger partial charge in [-0.1, -0.05) is 25.2 Å². The molecular weight excluding hydrogens is 170 g/mol. The standard InChI is InChI=1S/C13H21N/c1-4-6-7-8-9-13(5-2)10-12(3)11-14/h5-7,12-13H,2,4,8-10H2,1,3H3. The number of allylic oxidation sites excluding steroid dienone is 3. The SMILES string of the molecule is C=CC(CCC=CCC)CC(C)C#N. The lowest BCUT2D eigenvalue weighted by Gasteiger charge is -2.11. The highest BCUT2D eigenvalue weighted by molar-refractivity contribution is 4.89. The van der Waals surface area contributed by atoms with Crippen LogP contribution in [0.4, 0.5) is 0 Å². The molecule has 0 heterocycles. The van der Waals surface area contributed by atoms with Gasteiger partial charge in [0.1, 0.15) is 0 Å². The van der Waals surface area contributed by atoms with Gasteiger partial charge in [-0.15, -0.1) is 6.58 Å². The van der Waals surface area contributed by atoms with Gasteiger partial charge in [0, 0.05) is 5.92 Å². The lowest BCUT2D eigenvalue weighted by atomic mass is 9.93. The van der Waals surface area contributed by atoms with Crippen molar-refractivity contribution in [2.75, 3.05) is 0 Å². The highest BCUT2D eigenvalue weighted by Gasteiger charge is 2.08. The van der Waals surface area contributed by atoms with Crippen LogP contribution in [0.15, 0.2) is 24.8 Å². The predicted molar refractivity (Wildman–Crippen MR) is 61.7 cm³/mol. The van der Waals surface area contributed by atoms with Crippen LogP contribution in [0, 0.1) is 23.2 Å². The zero-order chi connectivity index (χ0) is 10.8. The summed E-state index contributed by atoms with van der Waals surface area (Å²) in [5.41, 5.74) is 0. The van der Waals surface area contributed by atoms with Crippen molar-refractivity contribution >= 4 is 0 Å². The maximum absolute atomic E-state index is 8.69. The average Bonchev–Trinajstić information content (AvgIpc) is 2.22. The van der Waals surface area contributed by atoms with Crippen LogP contribution in [0.2, 0.25) is 0 Å². The van der Waals surface area contributed by atoms with E-state index in [0.717, 1.165) is 25.7 Å². The van der Waals surface area contributed by atoms with E-state index < -0.39 is 0 Å². The molecule has 2 atom stereocenters. The molecule has 0 saturated heterocycles. The smallest absolute Gasteiger partial charge is 0.0653 e. The molecule has 0 amide bonds. The van der Waals surface area contributed by atoms with Gasteiger partial charge < -0.3 is 0 Å². The first kappa shape index (κ1) is 13.0. The Kier molecular flexibility index (Phi) is 7.93. The minimum Gasteiger partial charge on any atom is -0.198 e. The normalized spacial score (nSPS) is 14.9. The van der Waals surface area contributed by atoms with Crippen molar-refractivity contribution in [1.82, 2.24) is 0 Å².